The van der Waals surface area contributed by atoms with E-state index in [0.717, 1.165) is 28.0 Å². The summed E-state index contributed by atoms with van der Waals surface area (Å²) >= 11 is 0. The van der Waals surface area contributed by atoms with E-state index in [2.05, 4.69) is 10.6 Å². The molecule has 3 aromatic rings. The first kappa shape index (κ1) is 16.6. The molecule has 0 amide bonds. The van der Waals surface area contributed by atoms with Gasteiger partial charge < -0.3 is 14.2 Å². The maximum absolute atomic E-state index is 10.1. The van der Waals surface area contributed by atoms with Crippen molar-refractivity contribution in [1.29, 1.82) is 0 Å². The zero-order chi connectivity index (χ0) is 17.3. The summed E-state index contributed by atoms with van der Waals surface area (Å²) in [6.07, 6.45) is 1.79. The minimum absolute atomic E-state index is 0.142. The van der Waals surface area contributed by atoms with Crippen LogP contribution in [0.15, 0.2) is 54.2 Å². The van der Waals surface area contributed by atoms with Crippen molar-refractivity contribution in [3.63, 3.8) is 0 Å². The first-order valence-corrected chi connectivity index (χ1v) is 10.1. The van der Waals surface area contributed by atoms with Crippen LogP contribution in [0.5, 0.6) is 0 Å². The summed E-state index contributed by atoms with van der Waals surface area (Å²) in [4.78, 5) is 24.8. The third kappa shape index (κ3) is 3.19. The van der Waals surface area contributed by atoms with Gasteiger partial charge in [-0.1, -0.05) is 50.3 Å². The predicted molar refractivity (Wildman–Crippen MR) is 100 cm³/mol. The number of hydrogen-bond donors (Lipinski definition) is 2. The van der Waals surface area contributed by atoms with E-state index < -0.39 is 8.56 Å². The number of hydrogen-bond acceptors (Lipinski definition) is 3. The van der Waals surface area contributed by atoms with Gasteiger partial charge in [0, 0.05) is 18.2 Å². The highest BCUT2D eigenvalue weighted by Gasteiger charge is 2.29. The van der Waals surface area contributed by atoms with Crippen molar-refractivity contribution in [3.8, 4) is 11.4 Å². The van der Waals surface area contributed by atoms with E-state index in [1.165, 1.54) is 0 Å². The molecule has 0 bridgehead atoms. The van der Waals surface area contributed by atoms with Crippen LogP contribution in [0, 0.1) is 0 Å². The molecule has 0 aliphatic carbocycles. The first-order chi connectivity index (χ1) is 11.4. The van der Waals surface area contributed by atoms with Gasteiger partial charge in [-0.15, -0.1) is 0 Å². The molecular formula is C19H22N2O2Si. The van der Waals surface area contributed by atoms with Crippen LogP contribution in [0.25, 0.3) is 28.5 Å². The van der Waals surface area contributed by atoms with Crippen molar-refractivity contribution in [2.45, 2.75) is 19.4 Å². The summed E-state index contributed by atoms with van der Waals surface area (Å²) in [7, 11) is -1.29. The molecule has 0 unspecified atom stereocenters. The van der Waals surface area contributed by atoms with Crippen LogP contribution < -0.4 is 0 Å². The highest BCUT2D eigenvalue weighted by Crippen LogP contribution is 2.25. The summed E-state index contributed by atoms with van der Waals surface area (Å²) in [5, 5.41) is 0. The van der Waals surface area contributed by atoms with Crippen molar-refractivity contribution in [2.75, 3.05) is 0 Å². The highest BCUT2D eigenvalue weighted by molar-refractivity contribution is 6.72. The van der Waals surface area contributed by atoms with E-state index >= 15 is 0 Å². The lowest BCUT2D eigenvalue weighted by atomic mass is 10.1. The number of benzene rings is 2. The lowest BCUT2D eigenvalue weighted by Crippen LogP contribution is -2.35. The second-order valence-corrected chi connectivity index (χ2v) is 9.43. The van der Waals surface area contributed by atoms with Crippen molar-refractivity contribution < 1.29 is 9.59 Å². The molecule has 4 nitrogen and oxygen atoms in total. The highest BCUT2D eigenvalue weighted by atomic mass is 28.4. The number of rotatable bonds is 4. The van der Waals surface area contributed by atoms with Gasteiger partial charge in [0.2, 0.25) is 0 Å². The molecule has 2 aromatic carbocycles. The Kier molecular flexibility index (Phi) is 4.41. The molecule has 24 heavy (non-hydrogen) atoms. The molecule has 0 radical (unpaired) electrons. The number of fused-ring (bicyclic) bond motifs is 1. The zero-order valence-electron chi connectivity index (χ0n) is 14.1. The quantitative estimate of drug-likeness (QED) is 0.714. The fraction of sp³-hybridized carbons (Fsp3) is 0.211. The van der Waals surface area contributed by atoms with E-state index in [-0.39, 0.29) is 5.54 Å². The maximum atomic E-state index is 10.1. The Labute approximate surface area is 143 Å². The number of para-hydroxylation sites is 2. The third-order valence-electron chi connectivity index (χ3n) is 4.30. The second-order valence-electron chi connectivity index (χ2n) is 6.38. The van der Waals surface area contributed by atoms with Crippen molar-refractivity contribution in [2.24, 2.45) is 7.05 Å². The Morgan fingerprint density at radius 1 is 1.08 bits per heavy atom. The predicted octanol–water partition coefficient (Wildman–Crippen LogP) is 3.63. The Morgan fingerprint density at radius 2 is 1.83 bits per heavy atom. The minimum atomic E-state index is -3.30. The fourth-order valence-electron chi connectivity index (χ4n) is 2.60. The Balaban J connectivity index is 1.98. The summed E-state index contributed by atoms with van der Waals surface area (Å²) in [5.74, 6) is 0.895. The molecule has 2 N–H and O–H groups in total. The molecule has 1 heterocycles. The van der Waals surface area contributed by atoms with E-state index in [0.29, 0.717) is 0 Å². The molecule has 0 saturated carbocycles. The SMILES string of the molecule is CC(C)[Si](O)(O)C=Cc1cccc(-c2nc3ccccc3n2C)c1. The monoisotopic (exact) mass is 338 g/mol. The molecule has 5 heteroatoms. The lowest BCUT2D eigenvalue weighted by Gasteiger charge is -2.17. The van der Waals surface area contributed by atoms with Crippen molar-refractivity contribution >= 4 is 25.7 Å². The van der Waals surface area contributed by atoms with E-state index in [9.17, 15) is 9.59 Å². The van der Waals surface area contributed by atoms with Gasteiger partial charge in [0.25, 0.3) is 0 Å². The Bertz CT molecular complexity index is 897. The van der Waals surface area contributed by atoms with Crippen LogP contribution in [0.3, 0.4) is 0 Å². The fourth-order valence-corrected chi connectivity index (χ4v) is 3.42. The van der Waals surface area contributed by atoms with E-state index in [4.69, 9.17) is 4.98 Å². The van der Waals surface area contributed by atoms with Gasteiger partial charge >= 0.3 is 8.56 Å². The van der Waals surface area contributed by atoms with Crippen LogP contribution in [0.2, 0.25) is 5.54 Å². The zero-order valence-corrected chi connectivity index (χ0v) is 15.1. The van der Waals surface area contributed by atoms with Gasteiger partial charge in [-0.3, -0.25) is 0 Å². The van der Waals surface area contributed by atoms with Gasteiger partial charge in [-0.25, -0.2) is 4.98 Å². The van der Waals surface area contributed by atoms with Crippen LogP contribution in [0.1, 0.15) is 19.4 Å². The maximum Gasteiger partial charge on any atom is 0.362 e. The van der Waals surface area contributed by atoms with E-state index in [1.54, 1.807) is 11.8 Å². The molecule has 1 aromatic heterocycles. The first-order valence-electron chi connectivity index (χ1n) is 8.04. The molecule has 124 valence electrons. The molecule has 0 atom stereocenters. The summed E-state index contributed by atoms with van der Waals surface area (Å²) in [6, 6.07) is 16.0. The lowest BCUT2D eigenvalue weighted by molar-refractivity contribution is 0.364. The van der Waals surface area contributed by atoms with Crippen LogP contribution in [0.4, 0.5) is 0 Å². The van der Waals surface area contributed by atoms with Crippen LogP contribution in [-0.2, 0) is 7.05 Å². The molecule has 3 rings (SSSR count). The minimum Gasteiger partial charge on any atom is -0.408 e. The Morgan fingerprint density at radius 3 is 2.54 bits per heavy atom. The number of aryl methyl sites for hydroxylation is 1. The summed E-state index contributed by atoms with van der Waals surface area (Å²) < 4.78 is 2.07. The van der Waals surface area contributed by atoms with Crippen LogP contribution >= 0.6 is 0 Å². The second kappa shape index (κ2) is 6.35. The normalized spacial score (nSPS) is 12.6. The van der Waals surface area contributed by atoms with Crippen molar-refractivity contribution in [3.05, 3.63) is 59.8 Å². The van der Waals surface area contributed by atoms with Crippen molar-refractivity contribution in [1.82, 2.24) is 9.55 Å². The molecule has 0 aliphatic rings. The number of imidazole rings is 1. The standard InChI is InChI=1S/C19H22N2O2Si/c1-14(2)24(22,23)12-11-15-7-6-8-16(13-15)19-20-17-9-4-5-10-18(17)21(19)3/h4-14,22-23H,1-3H3. The summed E-state index contributed by atoms with van der Waals surface area (Å²) in [6.45, 7) is 3.65. The van der Waals surface area contributed by atoms with Gasteiger partial charge in [0.15, 0.2) is 0 Å². The third-order valence-corrected chi connectivity index (χ3v) is 6.66. The summed E-state index contributed by atoms with van der Waals surface area (Å²) in [5.41, 5.74) is 5.41. The topological polar surface area (TPSA) is 58.3 Å². The average molecular weight is 338 g/mol. The molecule has 0 saturated heterocycles. The van der Waals surface area contributed by atoms with Gasteiger partial charge in [0.05, 0.1) is 11.0 Å². The molecular weight excluding hydrogens is 316 g/mol. The van der Waals surface area contributed by atoms with Gasteiger partial charge in [-0.2, -0.15) is 0 Å². The molecule has 0 fully saturated rings. The molecule has 0 spiro atoms. The number of nitrogens with zero attached hydrogens (tertiary/aromatic N) is 2. The van der Waals surface area contributed by atoms with Gasteiger partial charge in [-0.05, 0) is 29.5 Å². The van der Waals surface area contributed by atoms with Crippen LogP contribution in [-0.4, -0.2) is 27.7 Å². The van der Waals surface area contributed by atoms with Gasteiger partial charge in [0.1, 0.15) is 5.82 Å². The van der Waals surface area contributed by atoms with E-state index in [1.807, 2.05) is 63.4 Å². The Hall–Kier alpha value is -2.21. The average Bonchev–Trinajstić information content (AvgIpc) is 2.91. The largest absolute Gasteiger partial charge is 0.408 e. The molecule has 0 aliphatic heterocycles. The smallest absolute Gasteiger partial charge is 0.362 e. The number of aromatic nitrogens is 2.